The molecule has 0 aromatic carbocycles. The lowest BCUT2D eigenvalue weighted by Crippen LogP contribution is -2.14. The normalized spacial score (nSPS) is 24.3. The second kappa shape index (κ2) is 2.05. The summed E-state index contributed by atoms with van der Waals surface area (Å²) in [6.45, 7) is 0.944. The van der Waals surface area contributed by atoms with Crippen molar-refractivity contribution >= 4 is 0 Å². The molecule has 4 heteroatoms. The zero-order chi connectivity index (χ0) is 6.97. The Morgan fingerprint density at radius 3 is 3.40 bits per heavy atom. The standard InChI is InChI=1S/C6H9N3O/c10-5-2-1-3-9-4-7-8-6(5)9/h4-5,10H,1-3H2/t5-/m0/s1. The van der Waals surface area contributed by atoms with Crippen molar-refractivity contribution < 1.29 is 5.11 Å². The van der Waals surface area contributed by atoms with Gasteiger partial charge in [-0.3, -0.25) is 0 Å². The third-order valence-corrected chi connectivity index (χ3v) is 1.82. The summed E-state index contributed by atoms with van der Waals surface area (Å²) in [6.07, 6.45) is 3.11. The number of aryl methyl sites for hydroxylation is 1. The largest absolute Gasteiger partial charge is 0.385 e. The zero-order valence-electron chi connectivity index (χ0n) is 5.56. The zero-order valence-corrected chi connectivity index (χ0v) is 5.56. The van der Waals surface area contributed by atoms with E-state index in [0.717, 1.165) is 19.4 Å². The quantitative estimate of drug-likeness (QED) is 0.554. The van der Waals surface area contributed by atoms with Crippen molar-refractivity contribution in [1.82, 2.24) is 14.8 Å². The number of aromatic nitrogens is 3. The number of fused-ring (bicyclic) bond motifs is 1. The SMILES string of the molecule is O[C@H]1CCCn2cnnc21. The van der Waals surface area contributed by atoms with Gasteiger partial charge in [0.15, 0.2) is 5.82 Å². The average molecular weight is 139 g/mol. The molecule has 4 nitrogen and oxygen atoms in total. The highest BCUT2D eigenvalue weighted by atomic mass is 16.3. The minimum Gasteiger partial charge on any atom is -0.385 e. The van der Waals surface area contributed by atoms with E-state index in [2.05, 4.69) is 10.2 Å². The molecular weight excluding hydrogens is 130 g/mol. The molecule has 1 aromatic rings. The van der Waals surface area contributed by atoms with E-state index in [1.54, 1.807) is 6.33 Å². The first-order chi connectivity index (χ1) is 4.88. The van der Waals surface area contributed by atoms with Crippen LogP contribution >= 0.6 is 0 Å². The molecular formula is C6H9N3O. The van der Waals surface area contributed by atoms with Crippen LogP contribution in [0.3, 0.4) is 0 Å². The maximum Gasteiger partial charge on any atom is 0.161 e. The van der Waals surface area contributed by atoms with E-state index in [9.17, 15) is 5.11 Å². The van der Waals surface area contributed by atoms with E-state index < -0.39 is 6.10 Å². The summed E-state index contributed by atoms with van der Waals surface area (Å²) < 4.78 is 1.90. The van der Waals surface area contributed by atoms with Crippen LogP contribution < -0.4 is 0 Å². The Kier molecular flexibility index (Phi) is 1.20. The number of hydrogen-bond donors (Lipinski definition) is 1. The van der Waals surface area contributed by atoms with Crippen LogP contribution in [0.25, 0.3) is 0 Å². The summed E-state index contributed by atoms with van der Waals surface area (Å²) in [4.78, 5) is 0. The first-order valence-electron chi connectivity index (χ1n) is 3.43. The minimum absolute atomic E-state index is 0.392. The predicted molar refractivity (Wildman–Crippen MR) is 34.2 cm³/mol. The van der Waals surface area contributed by atoms with E-state index in [0.29, 0.717) is 5.82 Å². The van der Waals surface area contributed by atoms with Gasteiger partial charge in [-0.25, -0.2) is 0 Å². The van der Waals surface area contributed by atoms with Crippen LogP contribution in [0.2, 0.25) is 0 Å². The molecule has 1 aliphatic heterocycles. The molecule has 0 radical (unpaired) electrons. The summed E-state index contributed by atoms with van der Waals surface area (Å²) in [5.41, 5.74) is 0. The Morgan fingerprint density at radius 2 is 2.60 bits per heavy atom. The lowest BCUT2D eigenvalue weighted by atomic mass is 10.1. The van der Waals surface area contributed by atoms with Crippen LogP contribution in [0.1, 0.15) is 24.8 Å². The average Bonchev–Trinajstić information content (AvgIpc) is 2.36. The second-order valence-corrected chi connectivity index (χ2v) is 2.54. The number of nitrogens with zero attached hydrogens (tertiary/aromatic N) is 3. The fraction of sp³-hybridized carbons (Fsp3) is 0.667. The molecule has 0 aliphatic carbocycles. The van der Waals surface area contributed by atoms with E-state index in [-0.39, 0.29) is 0 Å². The maximum absolute atomic E-state index is 9.33. The number of hydrogen-bond acceptors (Lipinski definition) is 3. The molecule has 1 aliphatic rings. The van der Waals surface area contributed by atoms with Gasteiger partial charge in [0, 0.05) is 6.54 Å². The highest BCUT2D eigenvalue weighted by Gasteiger charge is 2.18. The summed E-state index contributed by atoms with van der Waals surface area (Å²) in [7, 11) is 0. The number of aliphatic hydroxyl groups excluding tert-OH is 1. The fourth-order valence-corrected chi connectivity index (χ4v) is 1.28. The Bertz CT molecular complexity index is 233. The van der Waals surface area contributed by atoms with E-state index in [1.807, 2.05) is 4.57 Å². The summed E-state index contributed by atoms with van der Waals surface area (Å²) in [6, 6.07) is 0. The molecule has 2 heterocycles. The van der Waals surface area contributed by atoms with Gasteiger partial charge in [-0.15, -0.1) is 10.2 Å². The van der Waals surface area contributed by atoms with Gasteiger partial charge in [-0.05, 0) is 12.8 Å². The minimum atomic E-state index is -0.392. The van der Waals surface area contributed by atoms with Crippen LogP contribution in [0.5, 0.6) is 0 Å². The molecule has 0 amide bonds. The summed E-state index contributed by atoms with van der Waals surface area (Å²) >= 11 is 0. The lowest BCUT2D eigenvalue weighted by molar-refractivity contribution is 0.133. The first-order valence-corrected chi connectivity index (χ1v) is 3.43. The molecule has 0 spiro atoms. The van der Waals surface area contributed by atoms with Crippen molar-refractivity contribution in [3.63, 3.8) is 0 Å². The van der Waals surface area contributed by atoms with Crippen LogP contribution in [0, 0.1) is 0 Å². The molecule has 1 aromatic heterocycles. The van der Waals surface area contributed by atoms with Gasteiger partial charge < -0.3 is 9.67 Å². The fourth-order valence-electron chi connectivity index (χ4n) is 1.28. The molecule has 0 saturated heterocycles. The Balaban J connectivity index is 2.41. The topological polar surface area (TPSA) is 50.9 Å². The monoisotopic (exact) mass is 139 g/mol. The molecule has 0 bridgehead atoms. The van der Waals surface area contributed by atoms with Crippen molar-refractivity contribution in [3.05, 3.63) is 12.2 Å². The van der Waals surface area contributed by atoms with Crippen LogP contribution in [0.4, 0.5) is 0 Å². The third-order valence-electron chi connectivity index (χ3n) is 1.82. The van der Waals surface area contributed by atoms with Gasteiger partial charge in [0.25, 0.3) is 0 Å². The van der Waals surface area contributed by atoms with E-state index >= 15 is 0 Å². The Morgan fingerprint density at radius 1 is 1.70 bits per heavy atom. The molecule has 0 unspecified atom stereocenters. The van der Waals surface area contributed by atoms with E-state index in [1.165, 1.54) is 0 Å². The predicted octanol–water partition coefficient (Wildman–Crippen LogP) is 0.105. The smallest absolute Gasteiger partial charge is 0.161 e. The maximum atomic E-state index is 9.33. The molecule has 0 saturated carbocycles. The van der Waals surface area contributed by atoms with Crippen LogP contribution in [0.15, 0.2) is 6.33 Å². The second-order valence-electron chi connectivity index (χ2n) is 2.54. The Hall–Kier alpha value is -0.900. The van der Waals surface area contributed by atoms with Gasteiger partial charge in [0.2, 0.25) is 0 Å². The number of rotatable bonds is 0. The van der Waals surface area contributed by atoms with Gasteiger partial charge in [-0.2, -0.15) is 0 Å². The summed E-state index contributed by atoms with van der Waals surface area (Å²) in [5, 5.41) is 16.8. The van der Waals surface area contributed by atoms with Crippen molar-refractivity contribution in [1.29, 1.82) is 0 Å². The van der Waals surface area contributed by atoms with Crippen molar-refractivity contribution in [2.45, 2.75) is 25.5 Å². The lowest BCUT2D eigenvalue weighted by Gasteiger charge is -2.16. The molecule has 1 N–H and O–H groups in total. The van der Waals surface area contributed by atoms with Gasteiger partial charge in [-0.1, -0.05) is 0 Å². The molecule has 0 fully saturated rings. The molecule has 54 valence electrons. The Labute approximate surface area is 58.5 Å². The van der Waals surface area contributed by atoms with Crippen LogP contribution in [-0.4, -0.2) is 19.9 Å². The number of aliphatic hydroxyl groups is 1. The van der Waals surface area contributed by atoms with Crippen molar-refractivity contribution in [2.75, 3.05) is 0 Å². The van der Waals surface area contributed by atoms with Crippen molar-refractivity contribution in [3.8, 4) is 0 Å². The highest BCUT2D eigenvalue weighted by molar-refractivity contribution is 4.93. The molecule has 1 atom stereocenters. The van der Waals surface area contributed by atoms with Crippen LogP contribution in [-0.2, 0) is 6.54 Å². The van der Waals surface area contributed by atoms with Crippen molar-refractivity contribution in [2.24, 2.45) is 0 Å². The highest BCUT2D eigenvalue weighted by Crippen LogP contribution is 2.21. The van der Waals surface area contributed by atoms with Gasteiger partial charge in [0.1, 0.15) is 12.4 Å². The first kappa shape index (κ1) is 5.85. The van der Waals surface area contributed by atoms with Gasteiger partial charge >= 0.3 is 0 Å². The molecule has 2 rings (SSSR count). The molecule has 10 heavy (non-hydrogen) atoms. The van der Waals surface area contributed by atoms with E-state index in [4.69, 9.17) is 0 Å². The van der Waals surface area contributed by atoms with Gasteiger partial charge in [0.05, 0.1) is 0 Å². The summed E-state index contributed by atoms with van der Waals surface area (Å²) in [5.74, 6) is 0.714. The third kappa shape index (κ3) is 0.724.